The number of ketones is 1. The summed E-state index contributed by atoms with van der Waals surface area (Å²) in [5, 5.41) is 6.47. The Morgan fingerprint density at radius 2 is 2.15 bits per heavy atom. The van der Waals surface area contributed by atoms with Crippen LogP contribution in [0.4, 0.5) is 5.69 Å². The van der Waals surface area contributed by atoms with E-state index in [2.05, 4.69) is 10.4 Å². The molecule has 0 aliphatic heterocycles. The lowest BCUT2D eigenvalue weighted by atomic mass is 10.3. The molecule has 1 rings (SSSR count). The molecule has 0 aliphatic carbocycles. The molecule has 1 amide bonds. The van der Waals surface area contributed by atoms with Crippen molar-refractivity contribution in [3.63, 3.8) is 0 Å². The van der Waals surface area contributed by atoms with Crippen LogP contribution in [0.25, 0.3) is 0 Å². The molecule has 0 spiro atoms. The number of aryl methyl sites for hydroxylation is 2. The van der Waals surface area contributed by atoms with Crippen LogP contribution in [0, 0.1) is 6.92 Å². The molecule has 0 saturated carbocycles. The summed E-state index contributed by atoms with van der Waals surface area (Å²) < 4.78 is 1.57. The normalized spacial score (nSPS) is 9.77. The van der Waals surface area contributed by atoms with Gasteiger partial charge in [-0.3, -0.25) is 14.3 Å². The van der Waals surface area contributed by atoms with E-state index >= 15 is 0 Å². The van der Waals surface area contributed by atoms with Gasteiger partial charge in [-0.25, -0.2) is 0 Å². The van der Waals surface area contributed by atoms with E-state index in [-0.39, 0.29) is 0 Å². The molecule has 0 fully saturated rings. The van der Waals surface area contributed by atoms with E-state index < -0.39 is 11.7 Å². The van der Waals surface area contributed by atoms with Crippen LogP contribution in [-0.2, 0) is 16.6 Å². The lowest BCUT2D eigenvalue weighted by molar-refractivity contribution is -0.133. The zero-order chi connectivity index (χ0) is 10.0. The SMILES string of the molecule is CC(=O)C(=O)Nc1cn(C)nc1C. The molecule has 1 aromatic rings. The van der Waals surface area contributed by atoms with Crippen molar-refractivity contribution in [1.82, 2.24) is 9.78 Å². The van der Waals surface area contributed by atoms with Crippen molar-refractivity contribution >= 4 is 17.4 Å². The van der Waals surface area contributed by atoms with Gasteiger partial charge in [0, 0.05) is 20.2 Å². The first kappa shape index (κ1) is 9.44. The molecule has 0 bridgehead atoms. The van der Waals surface area contributed by atoms with Gasteiger partial charge in [-0.15, -0.1) is 0 Å². The number of nitrogens with zero attached hydrogens (tertiary/aromatic N) is 2. The van der Waals surface area contributed by atoms with Crippen molar-refractivity contribution in [2.24, 2.45) is 7.05 Å². The lowest BCUT2D eigenvalue weighted by Crippen LogP contribution is -2.19. The molecule has 0 aromatic carbocycles. The predicted octanol–water partition coefficient (Wildman–Crippen LogP) is 0.256. The second kappa shape index (κ2) is 3.38. The summed E-state index contributed by atoms with van der Waals surface area (Å²) in [4.78, 5) is 21.6. The summed E-state index contributed by atoms with van der Waals surface area (Å²) in [6.45, 7) is 2.98. The number of carbonyl (C=O) groups excluding carboxylic acids is 2. The average molecular weight is 181 g/mol. The van der Waals surface area contributed by atoms with Crippen LogP contribution in [0.1, 0.15) is 12.6 Å². The van der Waals surface area contributed by atoms with Crippen LogP contribution in [-0.4, -0.2) is 21.5 Å². The Kier molecular flexibility index (Phi) is 2.46. The molecule has 0 radical (unpaired) electrons. The minimum absolute atomic E-state index is 0.511. The summed E-state index contributed by atoms with van der Waals surface area (Å²) in [7, 11) is 1.75. The van der Waals surface area contributed by atoms with Gasteiger partial charge in [0.05, 0.1) is 11.4 Å². The molecule has 0 saturated heterocycles. The third-order valence-electron chi connectivity index (χ3n) is 1.58. The molecular formula is C8H11N3O2. The Hall–Kier alpha value is -1.65. The van der Waals surface area contributed by atoms with Gasteiger partial charge >= 0.3 is 0 Å². The van der Waals surface area contributed by atoms with Gasteiger partial charge < -0.3 is 5.32 Å². The van der Waals surface area contributed by atoms with Gasteiger partial charge in [-0.2, -0.15) is 5.10 Å². The standard InChI is InChI=1S/C8H11N3O2/c1-5-7(4-11(3)10-5)9-8(13)6(2)12/h4H,1-3H3,(H,9,13). The molecule has 0 atom stereocenters. The Labute approximate surface area is 75.7 Å². The van der Waals surface area contributed by atoms with Crippen LogP contribution in [0.3, 0.4) is 0 Å². The van der Waals surface area contributed by atoms with Crippen molar-refractivity contribution in [2.75, 3.05) is 5.32 Å². The van der Waals surface area contributed by atoms with E-state index in [0.29, 0.717) is 11.4 Å². The number of anilines is 1. The van der Waals surface area contributed by atoms with Crippen LogP contribution in [0.5, 0.6) is 0 Å². The Balaban J connectivity index is 2.80. The second-order valence-electron chi connectivity index (χ2n) is 2.81. The second-order valence-corrected chi connectivity index (χ2v) is 2.81. The Bertz CT molecular complexity index is 354. The van der Waals surface area contributed by atoms with Crippen molar-refractivity contribution in [3.05, 3.63) is 11.9 Å². The highest BCUT2D eigenvalue weighted by atomic mass is 16.2. The fourth-order valence-electron chi connectivity index (χ4n) is 0.933. The largest absolute Gasteiger partial charge is 0.317 e. The zero-order valence-corrected chi connectivity index (χ0v) is 7.79. The minimum Gasteiger partial charge on any atom is -0.317 e. The highest BCUT2D eigenvalue weighted by Gasteiger charge is 2.10. The number of carbonyl (C=O) groups is 2. The maximum absolute atomic E-state index is 11.0. The summed E-state index contributed by atoms with van der Waals surface area (Å²) in [6.07, 6.45) is 1.65. The maximum Gasteiger partial charge on any atom is 0.291 e. The fraction of sp³-hybridized carbons (Fsp3) is 0.375. The van der Waals surface area contributed by atoms with Crippen molar-refractivity contribution in [1.29, 1.82) is 0 Å². The van der Waals surface area contributed by atoms with Crippen molar-refractivity contribution in [2.45, 2.75) is 13.8 Å². The smallest absolute Gasteiger partial charge is 0.291 e. The highest BCUT2D eigenvalue weighted by molar-refractivity contribution is 6.39. The van der Waals surface area contributed by atoms with E-state index in [1.54, 1.807) is 24.9 Å². The minimum atomic E-state index is -0.615. The third kappa shape index (κ3) is 2.14. The van der Waals surface area contributed by atoms with Crippen LogP contribution < -0.4 is 5.32 Å². The zero-order valence-electron chi connectivity index (χ0n) is 7.79. The number of nitrogens with one attached hydrogen (secondary N) is 1. The van der Waals surface area contributed by atoms with E-state index in [0.717, 1.165) is 0 Å². The molecule has 0 aliphatic rings. The molecule has 1 N–H and O–H groups in total. The van der Waals surface area contributed by atoms with Gasteiger partial charge in [-0.1, -0.05) is 0 Å². The number of rotatable bonds is 2. The Morgan fingerprint density at radius 3 is 2.54 bits per heavy atom. The third-order valence-corrected chi connectivity index (χ3v) is 1.58. The fourth-order valence-corrected chi connectivity index (χ4v) is 0.933. The first-order chi connectivity index (χ1) is 6.00. The number of amides is 1. The van der Waals surface area contributed by atoms with E-state index in [1.165, 1.54) is 6.92 Å². The van der Waals surface area contributed by atoms with Crippen molar-refractivity contribution < 1.29 is 9.59 Å². The quantitative estimate of drug-likeness (QED) is 0.665. The van der Waals surface area contributed by atoms with Gasteiger partial charge in [0.15, 0.2) is 0 Å². The molecule has 1 aromatic heterocycles. The number of hydrogen-bond acceptors (Lipinski definition) is 3. The first-order valence-electron chi connectivity index (χ1n) is 3.83. The van der Waals surface area contributed by atoms with Gasteiger partial charge in [0.1, 0.15) is 0 Å². The van der Waals surface area contributed by atoms with Crippen molar-refractivity contribution in [3.8, 4) is 0 Å². The number of hydrogen-bond donors (Lipinski definition) is 1. The summed E-state index contributed by atoms with van der Waals surface area (Å²) >= 11 is 0. The maximum atomic E-state index is 11.0. The van der Waals surface area contributed by atoms with Gasteiger partial charge in [0.2, 0.25) is 5.78 Å². The number of aromatic nitrogens is 2. The van der Waals surface area contributed by atoms with E-state index in [1.807, 2.05) is 0 Å². The molecule has 5 heteroatoms. The number of Topliss-reactive ketones (excluding diaryl/α,β-unsaturated/α-hetero) is 1. The molecule has 5 nitrogen and oxygen atoms in total. The first-order valence-corrected chi connectivity index (χ1v) is 3.83. The summed E-state index contributed by atoms with van der Waals surface area (Å²) in [6, 6.07) is 0. The molecular weight excluding hydrogens is 170 g/mol. The molecule has 70 valence electrons. The average Bonchev–Trinajstić information content (AvgIpc) is 2.30. The molecule has 0 unspecified atom stereocenters. The van der Waals surface area contributed by atoms with E-state index in [4.69, 9.17) is 0 Å². The summed E-state index contributed by atoms with van der Waals surface area (Å²) in [5.41, 5.74) is 1.26. The monoisotopic (exact) mass is 181 g/mol. The van der Waals surface area contributed by atoms with Crippen LogP contribution in [0.2, 0.25) is 0 Å². The topological polar surface area (TPSA) is 64.0 Å². The summed E-state index contributed by atoms with van der Waals surface area (Å²) in [5.74, 6) is -1.13. The molecule has 1 heterocycles. The van der Waals surface area contributed by atoms with Crippen LogP contribution in [0.15, 0.2) is 6.20 Å². The highest BCUT2D eigenvalue weighted by Crippen LogP contribution is 2.10. The predicted molar refractivity (Wildman–Crippen MR) is 47.3 cm³/mol. The lowest BCUT2D eigenvalue weighted by Gasteiger charge is -1.98. The van der Waals surface area contributed by atoms with E-state index in [9.17, 15) is 9.59 Å². The van der Waals surface area contributed by atoms with Crippen LogP contribution >= 0.6 is 0 Å². The Morgan fingerprint density at radius 1 is 1.54 bits per heavy atom. The van der Waals surface area contributed by atoms with Gasteiger partial charge in [-0.05, 0) is 6.92 Å². The van der Waals surface area contributed by atoms with Gasteiger partial charge in [0.25, 0.3) is 5.91 Å². The molecule has 13 heavy (non-hydrogen) atoms.